The number of anilines is 1. The fourth-order valence-electron chi connectivity index (χ4n) is 2.54. The summed E-state index contributed by atoms with van der Waals surface area (Å²) < 4.78 is 2.32. The molecule has 1 aliphatic heterocycles. The quantitative estimate of drug-likeness (QED) is 0.813. The summed E-state index contributed by atoms with van der Waals surface area (Å²) in [4.78, 5) is 20.7. The van der Waals surface area contributed by atoms with E-state index in [2.05, 4.69) is 31.0 Å². The van der Waals surface area contributed by atoms with Crippen molar-refractivity contribution in [2.45, 2.75) is 18.9 Å². The molecule has 3 N–H and O–H groups in total. The maximum absolute atomic E-state index is 11.1. The van der Waals surface area contributed by atoms with Gasteiger partial charge in [0.15, 0.2) is 5.65 Å². The van der Waals surface area contributed by atoms with Crippen molar-refractivity contribution in [3.8, 4) is 0 Å². The zero-order valence-corrected chi connectivity index (χ0v) is 12.1. The molecule has 9 heteroatoms. The topological polar surface area (TPSA) is 110 Å². The van der Waals surface area contributed by atoms with E-state index in [1.165, 1.54) is 11.2 Å². The minimum atomic E-state index is -0.903. The highest BCUT2D eigenvalue weighted by Crippen LogP contribution is 2.30. The number of hydrogen-bond donors (Lipinski definition) is 2. The molecule has 2 aromatic heterocycles. The van der Waals surface area contributed by atoms with Crippen molar-refractivity contribution in [3.63, 3.8) is 0 Å². The Balaban J connectivity index is 2.02. The normalized spacial score (nSPS) is 19.4. The smallest absolute Gasteiger partial charge is 0.407 e. The van der Waals surface area contributed by atoms with Gasteiger partial charge in [0.2, 0.25) is 0 Å². The molecule has 0 unspecified atom stereocenters. The lowest BCUT2D eigenvalue weighted by Gasteiger charge is -2.30. The van der Waals surface area contributed by atoms with Crippen molar-refractivity contribution in [1.29, 1.82) is 0 Å². The Morgan fingerprint density at radius 3 is 3.05 bits per heavy atom. The molecule has 1 atom stereocenters. The van der Waals surface area contributed by atoms with Crippen LogP contribution in [0, 0.1) is 0 Å². The van der Waals surface area contributed by atoms with Crippen molar-refractivity contribution >= 4 is 38.9 Å². The van der Waals surface area contributed by atoms with Gasteiger partial charge in [-0.3, -0.25) is 0 Å². The lowest BCUT2D eigenvalue weighted by Crippen LogP contribution is -2.40. The zero-order chi connectivity index (χ0) is 14.3. The van der Waals surface area contributed by atoms with Gasteiger partial charge in [0.1, 0.15) is 16.7 Å². The molecule has 0 bridgehead atoms. The number of nitrogen functional groups attached to an aromatic ring is 1. The van der Waals surface area contributed by atoms with E-state index < -0.39 is 6.09 Å². The first kappa shape index (κ1) is 13.1. The van der Waals surface area contributed by atoms with E-state index in [4.69, 9.17) is 10.8 Å². The Bertz CT molecular complexity index is 672. The van der Waals surface area contributed by atoms with Crippen molar-refractivity contribution < 1.29 is 9.90 Å². The average molecular weight is 341 g/mol. The summed E-state index contributed by atoms with van der Waals surface area (Å²) in [5.74, 6) is 0.360. The number of aromatic nitrogens is 4. The predicted octanol–water partition coefficient (Wildman–Crippen LogP) is 1.49. The molecule has 106 valence electrons. The summed E-state index contributed by atoms with van der Waals surface area (Å²) in [5, 5.41) is 14.2. The molecule has 0 saturated carbocycles. The maximum atomic E-state index is 11.1. The molecule has 3 heterocycles. The number of halogens is 1. The minimum Gasteiger partial charge on any atom is -0.465 e. The summed E-state index contributed by atoms with van der Waals surface area (Å²) in [7, 11) is 0. The van der Waals surface area contributed by atoms with Crippen molar-refractivity contribution in [1.82, 2.24) is 24.6 Å². The molecule has 0 aliphatic carbocycles. The second-order valence-corrected chi connectivity index (χ2v) is 5.47. The van der Waals surface area contributed by atoms with Crippen LogP contribution < -0.4 is 5.73 Å². The molecule has 0 radical (unpaired) electrons. The van der Waals surface area contributed by atoms with Crippen molar-refractivity contribution in [2.75, 3.05) is 18.8 Å². The van der Waals surface area contributed by atoms with Crippen LogP contribution in [-0.2, 0) is 0 Å². The van der Waals surface area contributed by atoms with Crippen LogP contribution in [0.15, 0.2) is 10.9 Å². The fourth-order valence-corrected chi connectivity index (χ4v) is 3.09. The summed E-state index contributed by atoms with van der Waals surface area (Å²) in [5.41, 5.74) is 6.46. The maximum Gasteiger partial charge on any atom is 0.407 e. The molecule has 1 saturated heterocycles. The Labute approximate surface area is 122 Å². The number of amides is 1. The minimum absolute atomic E-state index is 0.0389. The molecule has 3 rings (SSSR count). The molecular weight excluding hydrogens is 328 g/mol. The van der Waals surface area contributed by atoms with Gasteiger partial charge in [-0.25, -0.2) is 19.4 Å². The molecule has 1 aliphatic rings. The SMILES string of the molecule is Nc1ncnc2c1c(Br)nn2[C@@H]1CCCN(C(=O)O)C1. The number of hydrogen-bond acceptors (Lipinski definition) is 5. The highest BCUT2D eigenvalue weighted by atomic mass is 79.9. The number of nitrogens with two attached hydrogens (primary N) is 1. The first-order valence-corrected chi connectivity index (χ1v) is 6.99. The summed E-state index contributed by atoms with van der Waals surface area (Å²) in [6, 6.07) is -0.0389. The molecule has 1 amide bonds. The largest absolute Gasteiger partial charge is 0.465 e. The number of piperidine rings is 1. The third-order valence-corrected chi connectivity index (χ3v) is 4.04. The first-order valence-electron chi connectivity index (χ1n) is 6.20. The van der Waals surface area contributed by atoms with Crippen LogP contribution in [0.25, 0.3) is 11.0 Å². The monoisotopic (exact) mass is 340 g/mol. The second kappa shape index (κ2) is 4.89. The zero-order valence-electron chi connectivity index (χ0n) is 10.5. The highest BCUT2D eigenvalue weighted by Gasteiger charge is 2.27. The number of likely N-dealkylation sites (tertiary alicyclic amines) is 1. The van der Waals surface area contributed by atoms with Gasteiger partial charge in [-0.15, -0.1) is 0 Å². The Morgan fingerprint density at radius 2 is 2.30 bits per heavy atom. The molecule has 1 fully saturated rings. The molecule has 8 nitrogen and oxygen atoms in total. The summed E-state index contributed by atoms with van der Waals surface area (Å²) in [6.45, 7) is 0.964. The summed E-state index contributed by atoms with van der Waals surface area (Å²) in [6.07, 6.45) is 2.15. The standard InChI is InChI=1S/C11H13BrN6O2/c12-8-7-9(13)14-5-15-10(7)18(16-8)6-2-1-3-17(4-6)11(19)20/h5-6H,1-4H2,(H,19,20)(H2,13,14,15)/t6-/m1/s1. The molecule has 0 aromatic carbocycles. The van der Waals surface area contributed by atoms with Crippen LogP contribution in [0.2, 0.25) is 0 Å². The van der Waals surface area contributed by atoms with E-state index in [-0.39, 0.29) is 6.04 Å². The van der Waals surface area contributed by atoms with Crippen molar-refractivity contribution in [2.24, 2.45) is 0 Å². The lowest BCUT2D eigenvalue weighted by molar-refractivity contribution is 0.120. The van der Waals surface area contributed by atoms with Crippen LogP contribution in [0.5, 0.6) is 0 Å². The third kappa shape index (κ3) is 2.07. The van der Waals surface area contributed by atoms with Gasteiger partial charge < -0.3 is 15.7 Å². The number of carboxylic acid groups (broad SMARTS) is 1. The lowest BCUT2D eigenvalue weighted by atomic mass is 10.1. The van der Waals surface area contributed by atoms with Crippen LogP contribution in [0.3, 0.4) is 0 Å². The molecule has 20 heavy (non-hydrogen) atoms. The summed E-state index contributed by atoms with van der Waals surface area (Å²) >= 11 is 3.36. The number of rotatable bonds is 1. The second-order valence-electron chi connectivity index (χ2n) is 4.72. The van der Waals surface area contributed by atoms with Gasteiger partial charge in [0.25, 0.3) is 0 Å². The molecule has 0 spiro atoms. The highest BCUT2D eigenvalue weighted by molar-refractivity contribution is 9.10. The van der Waals surface area contributed by atoms with Gasteiger partial charge in [0.05, 0.1) is 11.4 Å². The van der Waals surface area contributed by atoms with Gasteiger partial charge in [-0.05, 0) is 28.8 Å². The number of carbonyl (C=O) groups is 1. The van der Waals surface area contributed by atoms with Gasteiger partial charge >= 0.3 is 6.09 Å². The van der Waals surface area contributed by atoms with E-state index in [0.29, 0.717) is 34.5 Å². The van der Waals surface area contributed by atoms with E-state index in [9.17, 15) is 4.79 Å². The van der Waals surface area contributed by atoms with E-state index in [0.717, 1.165) is 12.8 Å². The van der Waals surface area contributed by atoms with Gasteiger partial charge in [-0.2, -0.15) is 5.10 Å². The first-order chi connectivity index (χ1) is 9.58. The predicted molar refractivity (Wildman–Crippen MR) is 75.3 cm³/mol. The number of fused-ring (bicyclic) bond motifs is 1. The van der Waals surface area contributed by atoms with Crippen molar-refractivity contribution in [3.05, 3.63) is 10.9 Å². The van der Waals surface area contributed by atoms with E-state index in [1.54, 1.807) is 4.68 Å². The fraction of sp³-hybridized carbons (Fsp3) is 0.455. The van der Waals surface area contributed by atoms with E-state index in [1.807, 2.05) is 0 Å². The van der Waals surface area contributed by atoms with Crippen LogP contribution in [0.4, 0.5) is 10.6 Å². The van der Waals surface area contributed by atoms with Gasteiger partial charge in [-0.1, -0.05) is 0 Å². The van der Waals surface area contributed by atoms with E-state index >= 15 is 0 Å². The molecular formula is C11H13BrN6O2. The van der Waals surface area contributed by atoms with Crippen LogP contribution in [0.1, 0.15) is 18.9 Å². The van der Waals surface area contributed by atoms with Crippen LogP contribution in [-0.4, -0.2) is 48.9 Å². The average Bonchev–Trinajstić information content (AvgIpc) is 2.78. The Morgan fingerprint density at radius 1 is 1.50 bits per heavy atom. The number of nitrogens with zero attached hydrogens (tertiary/aromatic N) is 5. The Kier molecular flexibility index (Phi) is 3.20. The third-order valence-electron chi connectivity index (χ3n) is 3.49. The van der Waals surface area contributed by atoms with Gasteiger partial charge in [0, 0.05) is 13.1 Å². The van der Waals surface area contributed by atoms with Crippen LogP contribution >= 0.6 is 15.9 Å². The molecule has 2 aromatic rings. The Hall–Kier alpha value is -1.90.